The molecule has 0 saturated carbocycles. The van der Waals surface area contributed by atoms with E-state index in [1.54, 1.807) is 0 Å². The van der Waals surface area contributed by atoms with Crippen molar-refractivity contribution in [3.63, 3.8) is 0 Å². The van der Waals surface area contributed by atoms with E-state index in [0.717, 1.165) is 16.7 Å². The number of benzene rings is 3. The molecule has 0 radical (unpaired) electrons. The highest BCUT2D eigenvalue weighted by Gasteiger charge is 2.50. The maximum atomic E-state index is 11.8. The van der Waals surface area contributed by atoms with E-state index < -0.39 is 42.1 Å². The minimum absolute atomic E-state index is 0.0640. The molecular weight excluding hydrogens is 448 g/mol. The van der Waals surface area contributed by atoms with Crippen LogP contribution in [0, 0.1) is 0 Å². The molecule has 3 aromatic rings. The average molecular weight is 477 g/mol. The first kappa shape index (κ1) is 24.6. The Bertz CT molecular complexity index is 1020. The van der Waals surface area contributed by atoms with Crippen LogP contribution < -0.4 is 0 Å². The third-order valence-corrected chi connectivity index (χ3v) is 5.89. The average Bonchev–Trinajstić information content (AvgIpc) is 3.14. The lowest BCUT2D eigenvalue weighted by molar-refractivity contribution is -0.174. The van der Waals surface area contributed by atoms with Crippen molar-refractivity contribution in [2.45, 2.75) is 44.1 Å². The van der Waals surface area contributed by atoms with Crippen molar-refractivity contribution < 1.29 is 33.6 Å². The highest BCUT2D eigenvalue weighted by atomic mass is 16.7. The summed E-state index contributed by atoms with van der Waals surface area (Å²) in [6.07, 6.45) is -4.54. The predicted molar refractivity (Wildman–Crippen MR) is 127 cm³/mol. The summed E-state index contributed by atoms with van der Waals surface area (Å²) in [5.74, 6) is -1.21. The fraction of sp³-hybridized carbons (Fsp3) is 0.286. The first-order valence-corrected chi connectivity index (χ1v) is 11.4. The monoisotopic (exact) mass is 476 g/mol. The molecule has 1 aliphatic rings. The van der Waals surface area contributed by atoms with Gasteiger partial charge < -0.3 is 24.1 Å². The number of carbonyl (C=O) groups is 2. The molecule has 35 heavy (non-hydrogen) atoms. The second kappa shape index (κ2) is 10.8. The lowest BCUT2D eigenvalue weighted by Crippen LogP contribution is -2.43. The van der Waals surface area contributed by atoms with Gasteiger partial charge in [-0.15, -0.1) is 0 Å². The van der Waals surface area contributed by atoms with E-state index in [-0.39, 0.29) is 6.61 Å². The Morgan fingerprint density at radius 2 is 1.14 bits per heavy atom. The van der Waals surface area contributed by atoms with Crippen molar-refractivity contribution in [3.8, 4) is 0 Å². The quantitative estimate of drug-likeness (QED) is 0.393. The Morgan fingerprint density at radius 1 is 0.743 bits per heavy atom. The number of esters is 2. The van der Waals surface area contributed by atoms with Crippen LogP contribution in [0.1, 0.15) is 30.5 Å². The largest absolute Gasteiger partial charge is 0.455 e. The zero-order chi connectivity index (χ0) is 24.8. The number of rotatable bonds is 8. The molecule has 1 N–H and O–H groups in total. The molecule has 0 amide bonds. The highest BCUT2D eigenvalue weighted by Crippen LogP contribution is 2.41. The van der Waals surface area contributed by atoms with Crippen LogP contribution in [0.25, 0.3) is 0 Å². The number of hydrogen-bond acceptors (Lipinski definition) is 7. The SMILES string of the molecule is CC(=O)O[C@@H]1[C@@H](OC(C)=O)[C@@H](O)O[C@H]1COC(c1ccccc1)(c1ccccc1)c1ccccc1. The maximum Gasteiger partial charge on any atom is 0.303 e. The van der Waals surface area contributed by atoms with Crippen molar-refractivity contribution >= 4 is 11.9 Å². The minimum atomic E-state index is -1.46. The van der Waals surface area contributed by atoms with Gasteiger partial charge in [0.25, 0.3) is 0 Å². The molecule has 7 heteroatoms. The van der Waals surface area contributed by atoms with E-state index in [4.69, 9.17) is 18.9 Å². The van der Waals surface area contributed by atoms with Gasteiger partial charge in [-0.25, -0.2) is 0 Å². The standard InChI is InChI=1S/C28H28O7/c1-19(29)33-25-24(35-27(31)26(25)34-20(2)30)18-32-28(21-12-6-3-7-13-21,22-14-8-4-9-15-22)23-16-10-5-11-17-23/h3-17,24-27,31H,18H2,1-2H3/t24-,25-,26+,27-/m0/s1. The van der Waals surface area contributed by atoms with Gasteiger partial charge in [0.1, 0.15) is 11.7 Å². The molecule has 1 fully saturated rings. The van der Waals surface area contributed by atoms with Crippen molar-refractivity contribution in [3.05, 3.63) is 108 Å². The molecule has 0 aliphatic carbocycles. The van der Waals surface area contributed by atoms with Crippen molar-refractivity contribution in [1.82, 2.24) is 0 Å². The minimum Gasteiger partial charge on any atom is -0.455 e. The van der Waals surface area contributed by atoms with Gasteiger partial charge >= 0.3 is 11.9 Å². The number of aliphatic hydroxyl groups excluding tert-OH is 1. The normalized spacial score (nSPS) is 21.9. The molecule has 3 aromatic carbocycles. The summed E-state index contributed by atoms with van der Waals surface area (Å²) in [7, 11) is 0. The van der Waals surface area contributed by atoms with E-state index in [1.807, 2.05) is 91.0 Å². The van der Waals surface area contributed by atoms with Crippen LogP contribution in [0.3, 0.4) is 0 Å². The van der Waals surface area contributed by atoms with E-state index in [9.17, 15) is 14.7 Å². The Kier molecular flexibility index (Phi) is 7.60. The third kappa shape index (κ3) is 5.27. The second-order valence-electron chi connectivity index (χ2n) is 8.30. The van der Waals surface area contributed by atoms with Crippen molar-refractivity contribution in [2.24, 2.45) is 0 Å². The van der Waals surface area contributed by atoms with Crippen LogP contribution in [-0.2, 0) is 34.1 Å². The van der Waals surface area contributed by atoms with Crippen LogP contribution in [-0.4, -0.2) is 48.3 Å². The Labute approximate surface area is 204 Å². The summed E-state index contributed by atoms with van der Waals surface area (Å²) in [4.78, 5) is 23.4. The van der Waals surface area contributed by atoms with Gasteiger partial charge in [0.2, 0.25) is 0 Å². The Balaban J connectivity index is 1.75. The van der Waals surface area contributed by atoms with E-state index in [0.29, 0.717) is 0 Å². The van der Waals surface area contributed by atoms with Crippen LogP contribution in [0.15, 0.2) is 91.0 Å². The molecular formula is C28H28O7. The number of hydrogen-bond donors (Lipinski definition) is 1. The van der Waals surface area contributed by atoms with Gasteiger partial charge in [-0.05, 0) is 16.7 Å². The lowest BCUT2D eigenvalue weighted by atomic mass is 9.80. The number of aliphatic hydroxyl groups is 1. The van der Waals surface area contributed by atoms with Gasteiger partial charge in [-0.3, -0.25) is 9.59 Å². The molecule has 1 heterocycles. The predicted octanol–water partition coefficient (Wildman–Crippen LogP) is 3.58. The van der Waals surface area contributed by atoms with Crippen LogP contribution in [0.4, 0.5) is 0 Å². The summed E-state index contributed by atoms with van der Waals surface area (Å²) in [6.45, 7) is 2.40. The zero-order valence-corrected chi connectivity index (χ0v) is 19.6. The maximum absolute atomic E-state index is 11.8. The summed E-state index contributed by atoms with van der Waals surface area (Å²) < 4.78 is 23.0. The van der Waals surface area contributed by atoms with Crippen LogP contribution in [0.5, 0.6) is 0 Å². The highest BCUT2D eigenvalue weighted by molar-refractivity contribution is 5.67. The third-order valence-electron chi connectivity index (χ3n) is 5.89. The van der Waals surface area contributed by atoms with Crippen LogP contribution >= 0.6 is 0 Å². The van der Waals surface area contributed by atoms with E-state index in [1.165, 1.54) is 13.8 Å². The number of ether oxygens (including phenoxy) is 4. The van der Waals surface area contributed by atoms with Crippen molar-refractivity contribution in [2.75, 3.05) is 6.61 Å². The Morgan fingerprint density at radius 3 is 1.54 bits per heavy atom. The summed E-state index contributed by atoms with van der Waals surface area (Å²) in [5, 5.41) is 10.4. The van der Waals surface area contributed by atoms with Gasteiger partial charge in [0, 0.05) is 13.8 Å². The fourth-order valence-electron chi connectivity index (χ4n) is 4.47. The van der Waals surface area contributed by atoms with Crippen molar-refractivity contribution in [1.29, 1.82) is 0 Å². The summed E-state index contributed by atoms with van der Waals surface area (Å²) in [5.41, 5.74) is 1.63. The van der Waals surface area contributed by atoms with Crippen LogP contribution in [0.2, 0.25) is 0 Å². The van der Waals surface area contributed by atoms with E-state index >= 15 is 0 Å². The fourth-order valence-corrected chi connectivity index (χ4v) is 4.47. The molecule has 7 nitrogen and oxygen atoms in total. The smallest absolute Gasteiger partial charge is 0.303 e. The molecule has 0 bridgehead atoms. The summed E-state index contributed by atoms with van der Waals surface area (Å²) in [6, 6.07) is 29.3. The molecule has 4 atom stereocenters. The molecule has 0 unspecified atom stereocenters. The molecule has 0 aromatic heterocycles. The molecule has 182 valence electrons. The van der Waals surface area contributed by atoms with E-state index in [2.05, 4.69) is 0 Å². The van der Waals surface area contributed by atoms with Gasteiger partial charge in [0.15, 0.2) is 18.5 Å². The molecule has 1 saturated heterocycles. The first-order chi connectivity index (χ1) is 16.9. The topological polar surface area (TPSA) is 91.3 Å². The zero-order valence-electron chi connectivity index (χ0n) is 19.6. The lowest BCUT2D eigenvalue weighted by Gasteiger charge is -2.37. The Hall–Kier alpha value is -3.52. The molecule has 1 aliphatic heterocycles. The number of carbonyl (C=O) groups excluding carboxylic acids is 2. The van der Waals surface area contributed by atoms with Gasteiger partial charge in [0.05, 0.1) is 6.61 Å². The van der Waals surface area contributed by atoms with Gasteiger partial charge in [-0.2, -0.15) is 0 Å². The first-order valence-electron chi connectivity index (χ1n) is 11.4. The molecule has 4 rings (SSSR count). The summed E-state index contributed by atoms with van der Waals surface area (Å²) >= 11 is 0. The molecule has 0 spiro atoms. The second-order valence-corrected chi connectivity index (χ2v) is 8.30. The van der Waals surface area contributed by atoms with Gasteiger partial charge in [-0.1, -0.05) is 91.0 Å².